The molecule has 1 atom stereocenters. The summed E-state index contributed by atoms with van der Waals surface area (Å²) < 4.78 is 5.56. The second-order valence-corrected chi connectivity index (χ2v) is 5.66. The quantitative estimate of drug-likeness (QED) is 0.927. The van der Waals surface area contributed by atoms with Crippen molar-refractivity contribution in [1.29, 1.82) is 0 Å². The molecule has 0 aromatic heterocycles. The minimum absolute atomic E-state index is 0.131. The van der Waals surface area contributed by atoms with Gasteiger partial charge in [-0.3, -0.25) is 9.59 Å². The van der Waals surface area contributed by atoms with Crippen molar-refractivity contribution in [1.82, 2.24) is 0 Å². The molecule has 0 saturated carbocycles. The number of nitrogens with one attached hydrogen (secondary N) is 1. The van der Waals surface area contributed by atoms with E-state index in [2.05, 4.69) is 5.32 Å². The summed E-state index contributed by atoms with van der Waals surface area (Å²) in [6.45, 7) is 3.70. The highest BCUT2D eigenvalue weighted by Gasteiger charge is 2.29. The Hall–Kier alpha value is -2.82. The summed E-state index contributed by atoms with van der Waals surface area (Å²) in [5.41, 5.74) is 2.93. The summed E-state index contributed by atoms with van der Waals surface area (Å²) in [6.07, 6.45) is -0.514. The van der Waals surface area contributed by atoms with Gasteiger partial charge in [0.15, 0.2) is 6.10 Å². The topological polar surface area (TPSA) is 58.6 Å². The number of amides is 2. The van der Waals surface area contributed by atoms with Crippen molar-refractivity contribution in [2.24, 2.45) is 0 Å². The molecule has 1 unspecified atom stereocenters. The number of nitrogens with zero attached hydrogens (tertiary/aromatic N) is 1. The largest absolute Gasteiger partial charge is 0.479 e. The first-order chi connectivity index (χ1) is 11.0. The fourth-order valence-corrected chi connectivity index (χ4v) is 2.49. The molecule has 0 radical (unpaired) electrons. The molecule has 1 heterocycles. The van der Waals surface area contributed by atoms with Crippen molar-refractivity contribution in [2.45, 2.75) is 20.0 Å². The van der Waals surface area contributed by atoms with Gasteiger partial charge in [0.25, 0.3) is 11.8 Å². The number of carbonyl (C=O) groups excluding carboxylic acids is 2. The van der Waals surface area contributed by atoms with Crippen molar-refractivity contribution < 1.29 is 14.3 Å². The van der Waals surface area contributed by atoms with Crippen LogP contribution in [0.2, 0.25) is 0 Å². The molecule has 0 bridgehead atoms. The van der Waals surface area contributed by atoms with E-state index in [1.54, 1.807) is 32.2 Å². The highest BCUT2D eigenvalue weighted by molar-refractivity contribution is 6.06. The zero-order chi connectivity index (χ0) is 16.6. The van der Waals surface area contributed by atoms with E-state index in [-0.39, 0.29) is 11.8 Å². The molecule has 2 aromatic carbocycles. The molecule has 118 valence electrons. The highest BCUT2D eigenvalue weighted by atomic mass is 16.5. The second kappa shape index (κ2) is 5.76. The lowest BCUT2D eigenvalue weighted by molar-refractivity contribution is -0.125. The number of hydrogen-bond donors (Lipinski definition) is 1. The van der Waals surface area contributed by atoms with E-state index < -0.39 is 6.10 Å². The van der Waals surface area contributed by atoms with E-state index in [0.29, 0.717) is 17.0 Å². The first-order valence-electron chi connectivity index (χ1n) is 7.42. The average Bonchev–Trinajstić information content (AvgIpc) is 2.54. The van der Waals surface area contributed by atoms with Crippen molar-refractivity contribution >= 4 is 23.2 Å². The Labute approximate surface area is 134 Å². The lowest BCUT2D eigenvalue weighted by Gasteiger charge is -2.30. The number of fused-ring (bicyclic) bond motifs is 1. The van der Waals surface area contributed by atoms with Gasteiger partial charge in [-0.2, -0.15) is 0 Å². The van der Waals surface area contributed by atoms with Gasteiger partial charge in [0.1, 0.15) is 5.75 Å². The molecular formula is C18H18N2O3. The number of aryl methyl sites for hydroxylation is 1. The van der Waals surface area contributed by atoms with Crippen LogP contribution < -0.4 is 15.0 Å². The third-order valence-corrected chi connectivity index (χ3v) is 3.87. The van der Waals surface area contributed by atoms with Crippen LogP contribution in [0, 0.1) is 6.92 Å². The Morgan fingerprint density at radius 3 is 2.57 bits per heavy atom. The van der Waals surface area contributed by atoms with E-state index in [0.717, 1.165) is 11.3 Å². The van der Waals surface area contributed by atoms with Gasteiger partial charge in [-0.05, 0) is 44.2 Å². The molecule has 0 spiro atoms. The maximum Gasteiger partial charge on any atom is 0.267 e. The van der Waals surface area contributed by atoms with Crippen LogP contribution in [-0.4, -0.2) is 25.0 Å². The molecule has 0 saturated heterocycles. The van der Waals surface area contributed by atoms with Crippen molar-refractivity contribution in [3.63, 3.8) is 0 Å². The Balaban J connectivity index is 1.85. The van der Waals surface area contributed by atoms with Gasteiger partial charge < -0.3 is 15.0 Å². The highest BCUT2D eigenvalue weighted by Crippen LogP contribution is 2.34. The summed E-state index contributed by atoms with van der Waals surface area (Å²) in [7, 11) is 1.68. The van der Waals surface area contributed by atoms with Crippen molar-refractivity contribution in [3.8, 4) is 5.75 Å². The number of anilines is 2. The molecule has 1 aliphatic rings. The Morgan fingerprint density at radius 1 is 1.17 bits per heavy atom. The third-order valence-electron chi connectivity index (χ3n) is 3.87. The van der Waals surface area contributed by atoms with Crippen LogP contribution in [0.4, 0.5) is 11.4 Å². The maximum atomic E-state index is 12.4. The molecule has 5 heteroatoms. The van der Waals surface area contributed by atoms with Crippen molar-refractivity contribution in [2.75, 3.05) is 17.3 Å². The minimum atomic E-state index is -0.514. The van der Waals surface area contributed by atoms with E-state index in [1.165, 1.54) is 4.90 Å². The lowest BCUT2D eigenvalue weighted by atomic mass is 10.1. The van der Waals surface area contributed by atoms with E-state index in [1.807, 2.05) is 31.2 Å². The first kappa shape index (κ1) is 15.1. The normalized spacial score (nSPS) is 16.6. The lowest BCUT2D eigenvalue weighted by Crippen LogP contribution is -2.42. The number of ether oxygens (including phenoxy) is 1. The zero-order valence-corrected chi connectivity index (χ0v) is 13.3. The number of hydrogen-bond acceptors (Lipinski definition) is 3. The van der Waals surface area contributed by atoms with E-state index >= 15 is 0 Å². The summed E-state index contributed by atoms with van der Waals surface area (Å²) in [4.78, 5) is 25.9. The van der Waals surface area contributed by atoms with Crippen LogP contribution in [0.5, 0.6) is 5.75 Å². The fraction of sp³-hybridized carbons (Fsp3) is 0.222. The summed E-state index contributed by atoms with van der Waals surface area (Å²) in [6, 6.07) is 12.7. The van der Waals surface area contributed by atoms with Crippen LogP contribution in [0.3, 0.4) is 0 Å². The van der Waals surface area contributed by atoms with Crippen LogP contribution in [0.25, 0.3) is 0 Å². The monoisotopic (exact) mass is 310 g/mol. The summed E-state index contributed by atoms with van der Waals surface area (Å²) >= 11 is 0. The van der Waals surface area contributed by atoms with Crippen molar-refractivity contribution in [3.05, 3.63) is 53.6 Å². The Bertz CT molecular complexity index is 768. The molecule has 1 aliphatic heterocycles. The molecule has 0 fully saturated rings. The predicted molar refractivity (Wildman–Crippen MR) is 89.1 cm³/mol. The summed E-state index contributed by atoms with van der Waals surface area (Å²) in [5, 5.41) is 2.84. The molecule has 23 heavy (non-hydrogen) atoms. The predicted octanol–water partition coefficient (Wildman–Crippen LogP) is 2.99. The minimum Gasteiger partial charge on any atom is -0.479 e. The number of carbonyl (C=O) groups is 2. The smallest absolute Gasteiger partial charge is 0.267 e. The fourth-order valence-electron chi connectivity index (χ4n) is 2.49. The van der Waals surface area contributed by atoms with Gasteiger partial charge in [0.2, 0.25) is 0 Å². The Kier molecular flexibility index (Phi) is 3.78. The van der Waals surface area contributed by atoms with Gasteiger partial charge in [0, 0.05) is 18.3 Å². The van der Waals surface area contributed by atoms with Gasteiger partial charge in [-0.1, -0.05) is 17.7 Å². The van der Waals surface area contributed by atoms with Gasteiger partial charge in [0.05, 0.1) is 5.69 Å². The van der Waals surface area contributed by atoms with E-state index in [4.69, 9.17) is 4.74 Å². The molecule has 5 nitrogen and oxygen atoms in total. The average molecular weight is 310 g/mol. The second-order valence-electron chi connectivity index (χ2n) is 5.66. The molecule has 1 N–H and O–H groups in total. The molecule has 3 rings (SSSR count). The first-order valence-corrected chi connectivity index (χ1v) is 7.42. The number of likely N-dealkylation sites (N-methyl/N-ethyl adjacent to an activating group) is 1. The maximum absolute atomic E-state index is 12.4. The zero-order valence-electron chi connectivity index (χ0n) is 13.3. The van der Waals surface area contributed by atoms with Gasteiger partial charge in [-0.25, -0.2) is 0 Å². The van der Waals surface area contributed by atoms with Crippen LogP contribution in [-0.2, 0) is 4.79 Å². The van der Waals surface area contributed by atoms with Crippen LogP contribution in [0.15, 0.2) is 42.5 Å². The number of rotatable bonds is 2. The van der Waals surface area contributed by atoms with Gasteiger partial charge >= 0.3 is 0 Å². The SMILES string of the molecule is Cc1ccc(NC(=O)c2ccc3c(c2)N(C)C(=O)C(C)O3)cc1. The summed E-state index contributed by atoms with van der Waals surface area (Å²) in [5.74, 6) is 0.246. The number of benzene rings is 2. The van der Waals surface area contributed by atoms with Crippen LogP contribution >= 0.6 is 0 Å². The van der Waals surface area contributed by atoms with E-state index in [9.17, 15) is 9.59 Å². The third kappa shape index (κ3) is 2.90. The standard InChI is InChI=1S/C18H18N2O3/c1-11-4-7-14(8-5-11)19-17(21)13-6-9-16-15(10-13)20(3)18(22)12(2)23-16/h4-10,12H,1-3H3,(H,19,21). The Morgan fingerprint density at radius 2 is 1.87 bits per heavy atom. The molecule has 2 amide bonds. The molecule has 0 aliphatic carbocycles. The van der Waals surface area contributed by atoms with Crippen LogP contribution in [0.1, 0.15) is 22.8 Å². The van der Waals surface area contributed by atoms with Gasteiger partial charge in [-0.15, -0.1) is 0 Å². The molecule has 2 aromatic rings. The molecular weight excluding hydrogens is 292 g/mol.